The molecule has 0 unspecified atom stereocenters. The zero-order valence-electron chi connectivity index (χ0n) is 19.2. The number of hydrogen-bond donors (Lipinski definition) is 2. The summed E-state index contributed by atoms with van der Waals surface area (Å²) in [6.45, 7) is 4.31. The Labute approximate surface area is 199 Å². The number of ether oxygens (including phenoxy) is 1. The number of benzene rings is 2. The Kier molecular flexibility index (Phi) is 7.72. The van der Waals surface area contributed by atoms with E-state index in [0.717, 1.165) is 32.0 Å². The molecule has 0 aliphatic carbocycles. The number of rotatable bonds is 8. The predicted molar refractivity (Wildman–Crippen MR) is 134 cm³/mol. The summed E-state index contributed by atoms with van der Waals surface area (Å²) in [6, 6.07) is 20.0. The molecule has 0 bridgehead atoms. The van der Waals surface area contributed by atoms with Crippen LogP contribution in [0.1, 0.15) is 16.8 Å². The third-order valence-corrected chi connectivity index (χ3v) is 5.79. The maximum absolute atomic E-state index is 12.5. The van der Waals surface area contributed by atoms with Crippen LogP contribution in [0.4, 0.5) is 17.2 Å². The fraction of sp³-hybridized carbons (Fsp3) is 0.269. The summed E-state index contributed by atoms with van der Waals surface area (Å²) >= 11 is 0. The van der Waals surface area contributed by atoms with Crippen molar-refractivity contribution in [3.05, 3.63) is 78.5 Å². The van der Waals surface area contributed by atoms with Gasteiger partial charge < -0.3 is 20.3 Å². The van der Waals surface area contributed by atoms with E-state index in [-0.39, 0.29) is 11.8 Å². The van der Waals surface area contributed by atoms with Crippen molar-refractivity contribution in [1.29, 1.82) is 0 Å². The molecule has 8 nitrogen and oxygen atoms in total. The predicted octanol–water partition coefficient (Wildman–Crippen LogP) is 3.49. The van der Waals surface area contributed by atoms with Crippen molar-refractivity contribution < 1.29 is 14.3 Å². The molecule has 0 radical (unpaired) electrons. The topological polar surface area (TPSA) is 86.8 Å². The van der Waals surface area contributed by atoms with Crippen LogP contribution < -0.4 is 20.3 Å². The molecule has 3 aromatic rings. The number of anilines is 3. The summed E-state index contributed by atoms with van der Waals surface area (Å²) in [5.74, 6) is 1.31. The van der Waals surface area contributed by atoms with Crippen LogP contribution in [0.5, 0.6) is 5.75 Å². The van der Waals surface area contributed by atoms with Crippen LogP contribution in [0.2, 0.25) is 0 Å². The first-order valence-corrected chi connectivity index (χ1v) is 11.3. The molecular formula is C26H29N5O3. The highest BCUT2D eigenvalue weighted by atomic mass is 16.5. The number of aromatic nitrogens is 1. The molecule has 8 heteroatoms. The molecule has 0 spiro atoms. The molecule has 4 rings (SSSR count). The smallest absolute Gasteiger partial charge is 0.255 e. The van der Waals surface area contributed by atoms with Crippen molar-refractivity contribution in [2.24, 2.45) is 0 Å². The number of nitrogens with zero attached hydrogens (tertiary/aromatic N) is 3. The lowest BCUT2D eigenvalue weighted by Gasteiger charge is -2.35. The van der Waals surface area contributed by atoms with E-state index < -0.39 is 0 Å². The maximum atomic E-state index is 12.5. The van der Waals surface area contributed by atoms with Crippen LogP contribution in [0, 0.1) is 0 Å². The first-order chi connectivity index (χ1) is 16.6. The summed E-state index contributed by atoms with van der Waals surface area (Å²) in [6.07, 6.45) is 2.23. The highest BCUT2D eigenvalue weighted by Gasteiger charge is 2.18. The Morgan fingerprint density at radius 2 is 1.65 bits per heavy atom. The average molecular weight is 460 g/mol. The number of nitrogens with one attached hydrogen (secondary N) is 2. The van der Waals surface area contributed by atoms with Crippen LogP contribution in [0.15, 0.2) is 72.9 Å². The summed E-state index contributed by atoms with van der Waals surface area (Å²) in [4.78, 5) is 33.9. The standard InChI is InChI=1S/C26H29N5O3/c1-34-23-7-3-2-6-22(23)29-26(33)20-9-11-21(12-10-20)28-25(32)13-15-30-16-18-31(19-17-30)24-8-4-5-14-27-24/h2-12,14H,13,15-19H2,1H3,(H,28,32)(H,29,33). The van der Waals surface area contributed by atoms with Crippen LogP contribution in [0.3, 0.4) is 0 Å². The number of hydrogen-bond acceptors (Lipinski definition) is 6. The van der Waals surface area contributed by atoms with E-state index in [1.807, 2.05) is 36.5 Å². The largest absolute Gasteiger partial charge is 0.495 e. The van der Waals surface area contributed by atoms with Gasteiger partial charge >= 0.3 is 0 Å². The number of pyridine rings is 1. The molecule has 1 aliphatic heterocycles. The van der Waals surface area contributed by atoms with Crippen LogP contribution in [-0.4, -0.2) is 61.5 Å². The van der Waals surface area contributed by atoms with Gasteiger partial charge in [0.2, 0.25) is 5.91 Å². The van der Waals surface area contributed by atoms with Crippen molar-refractivity contribution in [1.82, 2.24) is 9.88 Å². The molecule has 1 aromatic heterocycles. The van der Waals surface area contributed by atoms with Gasteiger partial charge in [-0.25, -0.2) is 4.98 Å². The van der Waals surface area contributed by atoms with Crippen LogP contribution in [-0.2, 0) is 4.79 Å². The quantitative estimate of drug-likeness (QED) is 0.536. The van der Waals surface area contributed by atoms with Gasteiger partial charge in [-0.2, -0.15) is 0 Å². The van der Waals surface area contributed by atoms with Gasteiger partial charge in [-0.3, -0.25) is 14.5 Å². The molecule has 0 atom stereocenters. The summed E-state index contributed by atoms with van der Waals surface area (Å²) in [7, 11) is 1.56. The maximum Gasteiger partial charge on any atom is 0.255 e. The summed E-state index contributed by atoms with van der Waals surface area (Å²) < 4.78 is 5.27. The zero-order chi connectivity index (χ0) is 23.8. The van der Waals surface area contributed by atoms with E-state index >= 15 is 0 Å². The third kappa shape index (κ3) is 6.11. The Morgan fingerprint density at radius 1 is 0.912 bits per heavy atom. The Bertz CT molecular complexity index is 1100. The van der Waals surface area contributed by atoms with E-state index in [1.165, 1.54) is 0 Å². The summed E-state index contributed by atoms with van der Waals surface area (Å²) in [5, 5.41) is 5.76. The monoisotopic (exact) mass is 459 g/mol. The molecule has 34 heavy (non-hydrogen) atoms. The normalized spacial score (nSPS) is 13.9. The summed E-state index contributed by atoms with van der Waals surface area (Å²) in [5.41, 5.74) is 1.77. The van der Waals surface area contributed by atoms with Gasteiger partial charge in [0.25, 0.3) is 5.91 Å². The van der Waals surface area contributed by atoms with E-state index in [2.05, 4.69) is 25.4 Å². The second-order valence-corrected chi connectivity index (χ2v) is 8.05. The van der Waals surface area contributed by atoms with Gasteiger partial charge in [0.1, 0.15) is 11.6 Å². The van der Waals surface area contributed by atoms with Crippen molar-refractivity contribution >= 4 is 29.0 Å². The lowest BCUT2D eigenvalue weighted by Crippen LogP contribution is -2.47. The first kappa shape index (κ1) is 23.3. The molecule has 1 fully saturated rings. The van der Waals surface area contributed by atoms with E-state index in [9.17, 15) is 9.59 Å². The number of methoxy groups -OCH3 is 1. The fourth-order valence-corrected chi connectivity index (χ4v) is 3.87. The van der Waals surface area contributed by atoms with E-state index in [0.29, 0.717) is 35.7 Å². The highest BCUT2D eigenvalue weighted by Crippen LogP contribution is 2.24. The number of piperazine rings is 1. The van der Waals surface area contributed by atoms with Crippen molar-refractivity contribution in [3.63, 3.8) is 0 Å². The molecule has 1 aliphatic rings. The van der Waals surface area contributed by atoms with E-state index in [1.54, 1.807) is 43.5 Å². The molecule has 2 N–H and O–H groups in total. The van der Waals surface area contributed by atoms with Gasteiger partial charge in [-0.1, -0.05) is 18.2 Å². The minimum absolute atomic E-state index is 0.0432. The van der Waals surface area contributed by atoms with Crippen LogP contribution in [0.25, 0.3) is 0 Å². The number of para-hydroxylation sites is 2. The molecule has 2 aromatic carbocycles. The van der Waals surface area contributed by atoms with Gasteiger partial charge in [-0.05, 0) is 48.5 Å². The molecular weight excluding hydrogens is 430 g/mol. The highest BCUT2D eigenvalue weighted by molar-refractivity contribution is 6.05. The van der Waals surface area contributed by atoms with Gasteiger partial charge in [0.15, 0.2) is 0 Å². The first-order valence-electron chi connectivity index (χ1n) is 11.3. The van der Waals surface area contributed by atoms with Crippen molar-refractivity contribution in [3.8, 4) is 5.75 Å². The fourth-order valence-electron chi connectivity index (χ4n) is 3.87. The minimum atomic E-state index is -0.243. The molecule has 1 saturated heterocycles. The number of carbonyl (C=O) groups is 2. The molecule has 2 amide bonds. The number of carbonyl (C=O) groups excluding carboxylic acids is 2. The lowest BCUT2D eigenvalue weighted by atomic mass is 10.2. The minimum Gasteiger partial charge on any atom is -0.495 e. The second-order valence-electron chi connectivity index (χ2n) is 8.05. The lowest BCUT2D eigenvalue weighted by molar-refractivity contribution is -0.116. The van der Waals surface area contributed by atoms with Crippen LogP contribution >= 0.6 is 0 Å². The molecule has 0 saturated carbocycles. The van der Waals surface area contributed by atoms with Gasteiger partial charge in [0.05, 0.1) is 12.8 Å². The van der Waals surface area contributed by atoms with Gasteiger partial charge in [-0.15, -0.1) is 0 Å². The molecule has 2 heterocycles. The van der Waals surface area contributed by atoms with Crippen molar-refractivity contribution in [2.45, 2.75) is 6.42 Å². The van der Waals surface area contributed by atoms with E-state index in [4.69, 9.17) is 4.74 Å². The number of amides is 2. The Balaban J connectivity index is 1.21. The Hall–Kier alpha value is -3.91. The van der Waals surface area contributed by atoms with Crippen molar-refractivity contribution in [2.75, 3.05) is 55.4 Å². The third-order valence-electron chi connectivity index (χ3n) is 5.79. The second kappa shape index (κ2) is 11.3. The molecule has 176 valence electrons. The SMILES string of the molecule is COc1ccccc1NC(=O)c1ccc(NC(=O)CCN2CCN(c3ccccn3)CC2)cc1. The zero-order valence-corrected chi connectivity index (χ0v) is 19.2. The Morgan fingerprint density at radius 3 is 2.35 bits per heavy atom. The van der Waals surface area contributed by atoms with Gasteiger partial charge in [0, 0.05) is 56.6 Å². The average Bonchev–Trinajstić information content (AvgIpc) is 2.89.